The second-order valence-electron chi connectivity index (χ2n) is 5.48. The van der Waals surface area contributed by atoms with Crippen LogP contribution in [0.1, 0.15) is 31.4 Å². The average molecular weight is 238 g/mol. The summed E-state index contributed by atoms with van der Waals surface area (Å²) in [4.78, 5) is 0. The lowest BCUT2D eigenvalue weighted by Gasteiger charge is -2.28. The maximum absolute atomic E-state index is 9.83. The van der Waals surface area contributed by atoms with E-state index in [0.29, 0.717) is 0 Å². The van der Waals surface area contributed by atoms with Crippen molar-refractivity contribution in [3.63, 3.8) is 0 Å². The molecule has 0 fully saturated rings. The first kappa shape index (κ1) is 11.5. The van der Waals surface area contributed by atoms with Gasteiger partial charge in [-0.05, 0) is 35.6 Å². The Labute approximate surface area is 108 Å². The van der Waals surface area contributed by atoms with Crippen LogP contribution in [0.2, 0.25) is 0 Å². The minimum absolute atomic E-state index is 0.0681. The van der Waals surface area contributed by atoms with Crippen molar-refractivity contribution in [3.05, 3.63) is 59.7 Å². The molecular weight excluding hydrogens is 220 g/mol. The fourth-order valence-electron chi connectivity index (χ4n) is 3.35. The molecule has 1 heteroatoms. The van der Waals surface area contributed by atoms with Crippen molar-refractivity contribution in [2.75, 3.05) is 0 Å². The highest BCUT2D eigenvalue weighted by Crippen LogP contribution is 2.50. The monoisotopic (exact) mass is 238 g/mol. The lowest BCUT2D eigenvalue weighted by molar-refractivity contribution is 0.163. The molecule has 92 valence electrons. The van der Waals surface area contributed by atoms with Gasteiger partial charge in [-0.2, -0.15) is 0 Å². The Morgan fingerprint density at radius 3 is 1.83 bits per heavy atom. The van der Waals surface area contributed by atoms with E-state index in [1.165, 1.54) is 22.3 Å². The van der Waals surface area contributed by atoms with E-state index < -0.39 is 0 Å². The zero-order valence-corrected chi connectivity index (χ0v) is 10.9. The van der Waals surface area contributed by atoms with E-state index in [0.717, 1.165) is 6.42 Å². The molecule has 1 aliphatic rings. The second kappa shape index (κ2) is 3.96. The molecule has 3 rings (SSSR count). The van der Waals surface area contributed by atoms with Gasteiger partial charge in [0.25, 0.3) is 0 Å². The number of benzene rings is 2. The first-order valence-corrected chi connectivity index (χ1v) is 6.50. The van der Waals surface area contributed by atoms with Gasteiger partial charge in [-0.15, -0.1) is 0 Å². The molecule has 0 amide bonds. The Balaban J connectivity index is 2.27. The molecule has 0 aliphatic heterocycles. The van der Waals surface area contributed by atoms with E-state index >= 15 is 0 Å². The minimum atomic E-state index is -0.297. The summed E-state index contributed by atoms with van der Waals surface area (Å²) in [6.07, 6.45) is 0.468. The molecule has 0 unspecified atom stereocenters. The van der Waals surface area contributed by atoms with Crippen LogP contribution in [0, 0.1) is 0 Å². The van der Waals surface area contributed by atoms with Crippen molar-refractivity contribution >= 4 is 0 Å². The molecule has 0 aromatic heterocycles. The van der Waals surface area contributed by atoms with E-state index in [9.17, 15) is 5.11 Å². The first-order chi connectivity index (χ1) is 8.63. The van der Waals surface area contributed by atoms with Crippen molar-refractivity contribution in [2.24, 2.45) is 0 Å². The fourth-order valence-corrected chi connectivity index (χ4v) is 3.35. The van der Waals surface area contributed by atoms with Gasteiger partial charge in [0.1, 0.15) is 0 Å². The predicted molar refractivity (Wildman–Crippen MR) is 74.6 cm³/mol. The summed E-state index contributed by atoms with van der Waals surface area (Å²) in [5, 5.41) is 9.83. The molecule has 0 bridgehead atoms. The highest BCUT2D eigenvalue weighted by atomic mass is 16.3. The lowest BCUT2D eigenvalue weighted by atomic mass is 9.76. The predicted octanol–water partition coefficient (Wildman–Crippen LogP) is 3.74. The van der Waals surface area contributed by atoms with Gasteiger partial charge in [0.15, 0.2) is 0 Å². The number of hydrogen-bond acceptors (Lipinski definition) is 1. The summed E-state index contributed by atoms with van der Waals surface area (Å²) < 4.78 is 0. The van der Waals surface area contributed by atoms with Crippen LogP contribution in [-0.4, -0.2) is 11.2 Å². The van der Waals surface area contributed by atoms with Crippen molar-refractivity contribution in [3.8, 4) is 11.1 Å². The van der Waals surface area contributed by atoms with Crippen LogP contribution in [0.25, 0.3) is 11.1 Å². The molecule has 1 nitrogen and oxygen atoms in total. The minimum Gasteiger partial charge on any atom is -0.393 e. The molecule has 0 heterocycles. The normalized spacial score (nSPS) is 17.1. The number of fused-ring (bicyclic) bond motifs is 3. The van der Waals surface area contributed by atoms with Crippen LogP contribution >= 0.6 is 0 Å². The third-order valence-electron chi connectivity index (χ3n) is 4.04. The van der Waals surface area contributed by atoms with Gasteiger partial charge in [0.05, 0.1) is 6.10 Å². The third-order valence-corrected chi connectivity index (χ3v) is 4.04. The maximum atomic E-state index is 9.83. The first-order valence-electron chi connectivity index (χ1n) is 6.50. The Morgan fingerprint density at radius 2 is 1.39 bits per heavy atom. The van der Waals surface area contributed by atoms with Gasteiger partial charge < -0.3 is 5.11 Å². The zero-order valence-electron chi connectivity index (χ0n) is 10.9. The Hall–Kier alpha value is -1.60. The topological polar surface area (TPSA) is 20.2 Å². The Kier molecular flexibility index (Phi) is 2.53. The molecule has 1 N–H and O–H groups in total. The van der Waals surface area contributed by atoms with E-state index in [1.54, 1.807) is 0 Å². The number of rotatable bonds is 2. The number of aliphatic hydroxyl groups excluding tert-OH is 1. The summed E-state index contributed by atoms with van der Waals surface area (Å²) in [5.74, 6) is 0. The zero-order chi connectivity index (χ0) is 12.8. The molecule has 2 aromatic carbocycles. The van der Waals surface area contributed by atoms with E-state index in [2.05, 4.69) is 55.5 Å². The van der Waals surface area contributed by atoms with Gasteiger partial charge in [0.2, 0.25) is 0 Å². The third kappa shape index (κ3) is 1.51. The molecule has 0 spiro atoms. The summed E-state index contributed by atoms with van der Waals surface area (Å²) in [5.41, 5.74) is 5.24. The van der Waals surface area contributed by atoms with Crippen molar-refractivity contribution in [1.82, 2.24) is 0 Å². The molecule has 1 atom stereocenters. The Bertz CT molecular complexity index is 538. The number of hydrogen-bond donors (Lipinski definition) is 1. The van der Waals surface area contributed by atoms with E-state index in [1.807, 2.05) is 6.92 Å². The van der Waals surface area contributed by atoms with E-state index in [4.69, 9.17) is 0 Å². The summed E-state index contributed by atoms with van der Waals surface area (Å²) in [7, 11) is 0. The van der Waals surface area contributed by atoms with Crippen molar-refractivity contribution < 1.29 is 5.11 Å². The standard InChI is InChI=1S/C17H18O/c1-12(18)11-17(2)15-9-5-3-7-13(15)14-8-4-6-10-16(14)17/h3-10,12,18H,11H2,1-2H3/t12-/m0/s1. The van der Waals surface area contributed by atoms with Crippen LogP contribution in [0.5, 0.6) is 0 Å². The molecule has 0 saturated carbocycles. The maximum Gasteiger partial charge on any atom is 0.0523 e. The summed E-state index contributed by atoms with van der Waals surface area (Å²) >= 11 is 0. The molecule has 1 aliphatic carbocycles. The molecule has 18 heavy (non-hydrogen) atoms. The molecular formula is C17H18O. The highest BCUT2D eigenvalue weighted by molar-refractivity contribution is 5.80. The molecule has 0 saturated heterocycles. The van der Waals surface area contributed by atoms with Crippen LogP contribution in [-0.2, 0) is 5.41 Å². The SMILES string of the molecule is C[C@H](O)CC1(C)c2ccccc2-c2ccccc21. The summed E-state index contributed by atoms with van der Waals surface area (Å²) in [6.45, 7) is 4.11. The molecule has 0 radical (unpaired) electrons. The van der Waals surface area contributed by atoms with Crippen molar-refractivity contribution in [2.45, 2.75) is 31.8 Å². The highest BCUT2D eigenvalue weighted by Gasteiger charge is 2.39. The Morgan fingerprint density at radius 1 is 0.944 bits per heavy atom. The lowest BCUT2D eigenvalue weighted by Crippen LogP contribution is -2.25. The average Bonchev–Trinajstić information content (AvgIpc) is 2.61. The van der Waals surface area contributed by atoms with Crippen LogP contribution in [0.15, 0.2) is 48.5 Å². The second-order valence-corrected chi connectivity index (χ2v) is 5.48. The smallest absolute Gasteiger partial charge is 0.0523 e. The largest absolute Gasteiger partial charge is 0.393 e. The molecule has 2 aromatic rings. The quantitative estimate of drug-likeness (QED) is 0.845. The van der Waals surface area contributed by atoms with Gasteiger partial charge in [0, 0.05) is 5.41 Å². The van der Waals surface area contributed by atoms with Crippen LogP contribution in [0.4, 0.5) is 0 Å². The van der Waals surface area contributed by atoms with Gasteiger partial charge in [-0.1, -0.05) is 55.5 Å². The van der Waals surface area contributed by atoms with Gasteiger partial charge in [-0.25, -0.2) is 0 Å². The fraction of sp³-hybridized carbons (Fsp3) is 0.294. The van der Waals surface area contributed by atoms with Crippen LogP contribution in [0.3, 0.4) is 0 Å². The van der Waals surface area contributed by atoms with E-state index in [-0.39, 0.29) is 11.5 Å². The van der Waals surface area contributed by atoms with Crippen molar-refractivity contribution in [1.29, 1.82) is 0 Å². The van der Waals surface area contributed by atoms with Gasteiger partial charge >= 0.3 is 0 Å². The summed E-state index contributed by atoms with van der Waals surface area (Å²) in [6, 6.07) is 17.1. The van der Waals surface area contributed by atoms with Crippen LogP contribution < -0.4 is 0 Å². The van der Waals surface area contributed by atoms with Gasteiger partial charge in [-0.3, -0.25) is 0 Å². The number of aliphatic hydroxyl groups is 1.